The maximum atomic E-state index is 11.7. The minimum Gasteiger partial charge on any atom is -0.382 e. The van der Waals surface area contributed by atoms with Gasteiger partial charge in [0, 0.05) is 0 Å². The van der Waals surface area contributed by atoms with E-state index < -0.39 is 11.6 Å². The Morgan fingerprint density at radius 3 is 2.21 bits per heavy atom. The van der Waals surface area contributed by atoms with Crippen molar-refractivity contribution in [1.29, 1.82) is 0 Å². The molecule has 1 aliphatic heterocycles. The van der Waals surface area contributed by atoms with Crippen LogP contribution in [0.25, 0.3) is 0 Å². The molecule has 0 bridgehead atoms. The van der Waals surface area contributed by atoms with Crippen LogP contribution in [-0.2, 0) is 10.4 Å². The third kappa shape index (κ3) is 2.02. The highest BCUT2D eigenvalue weighted by Gasteiger charge is 2.47. The van der Waals surface area contributed by atoms with Crippen molar-refractivity contribution in [2.45, 2.75) is 18.1 Å². The van der Waals surface area contributed by atoms with E-state index in [2.05, 4.69) is 5.32 Å². The van der Waals surface area contributed by atoms with Crippen LogP contribution < -0.4 is 5.32 Å². The molecule has 1 fully saturated rings. The van der Waals surface area contributed by atoms with Crippen LogP contribution in [0.5, 0.6) is 0 Å². The van der Waals surface area contributed by atoms with Crippen LogP contribution in [0.3, 0.4) is 0 Å². The van der Waals surface area contributed by atoms with Crippen LogP contribution in [-0.4, -0.2) is 11.0 Å². The number of hydrogen-bond acceptors (Lipinski definition) is 2. The fraction of sp³-hybridized carbons (Fsp3) is 0.188. The summed E-state index contributed by atoms with van der Waals surface area (Å²) < 4.78 is 0. The maximum Gasteiger partial charge on any atom is 0.223 e. The van der Waals surface area contributed by atoms with Gasteiger partial charge in [-0.1, -0.05) is 60.7 Å². The van der Waals surface area contributed by atoms with E-state index in [4.69, 9.17) is 0 Å². The van der Waals surface area contributed by atoms with Gasteiger partial charge >= 0.3 is 0 Å². The van der Waals surface area contributed by atoms with E-state index in [0.29, 0.717) is 0 Å². The van der Waals surface area contributed by atoms with Crippen molar-refractivity contribution in [3.8, 4) is 0 Å². The molecule has 3 heteroatoms. The van der Waals surface area contributed by atoms with E-state index in [-0.39, 0.29) is 12.3 Å². The van der Waals surface area contributed by atoms with Gasteiger partial charge in [-0.25, -0.2) is 0 Å². The number of hydrogen-bond donors (Lipinski definition) is 2. The lowest BCUT2D eigenvalue weighted by molar-refractivity contribution is -0.120. The fourth-order valence-corrected chi connectivity index (χ4v) is 2.68. The van der Waals surface area contributed by atoms with Crippen LogP contribution in [0.15, 0.2) is 60.7 Å². The van der Waals surface area contributed by atoms with Gasteiger partial charge < -0.3 is 10.4 Å². The van der Waals surface area contributed by atoms with Crippen LogP contribution in [0.4, 0.5) is 0 Å². The van der Waals surface area contributed by atoms with Crippen LogP contribution in [0.1, 0.15) is 23.6 Å². The number of carbonyl (C=O) groups is 1. The minimum absolute atomic E-state index is 0.0938. The van der Waals surface area contributed by atoms with E-state index >= 15 is 0 Å². The quantitative estimate of drug-likeness (QED) is 0.861. The zero-order chi connectivity index (χ0) is 13.3. The van der Waals surface area contributed by atoms with Gasteiger partial charge in [-0.2, -0.15) is 0 Å². The fourth-order valence-electron chi connectivity index (χ4n) is 2.68. The first-order valence-corrected chi connectivity index (χ1v) is 6.32. The maximum absolute atomic E-state index is 11.7. The molecule has 0 spiro atoms. The summed E-state index contributed by atoms with van der Waals surface area (Å²) in [7, 11) is 0. The molecule has 2 aromatic carbocycles. The normalized spacial score (nSPS) is 26.2. The topological polar surface area (TPSA) is 49.3 Å². The van der Waals surface area contributed by atoms with Crippen LogP contribution in [0.2, 0.25) is 0 Å². The molecular formula is C16H15NO2. The first-order valence-electron chi connectivity index (χ1n) is 6.32. The van der Waals surface area contributed by atoms with Crippen LogP contribution >= 0.6 is 0 Å². The second-order valence-electron chi connectivity index (χ2n) is 4.88. The molecule has 1 amide bonds. The highest BCUT2D eigenvalue weighted by atomic mass is 16.3. The van der Waals surface area contributed by atoms with Gasteiger partial charge in [-0.05, 0) is 11.1 Å². The molecule has 2 atom stereocenters. The van der Waals surface area contributed by atoms with E-state index in [9.17, 15) is 9.90 Å². The molecule has 19 heavy (non-hydrogen) atoms. The average Bonchev–Trinajstić information content (AvgIpc) is 2.77. The lowest BCUT2D eigenvalue weighted by atomic mass is 9.83. The summed E-state index contributed by atoms with van der Waals surface area (Å²) in [6.45, 7) is 0. The van der Waals surface area contributed by atoms with Crippen molar-refractivity contribution in [3.63, 3.8) is 0 Å². The van der Waals surface area contributed by atoms with Crippen molar-refractivity contribution < 1.29 is 9.90 Å². The number of benzene rings is 2. The molecule has 0 unspecified atom stereocenters. The summed E-state index contributed by atoms with van der Waals surface area (Å²) in [5.41, 5.74) is 0.501. The lowest BCUT2D eigenvalue weighted by Crippen LogP contribution is -2.33. The summed E-state index contributed by atoms with van der Waals surface area (Å²) in [6.07, 6.45) is 0.0938. The number of rotatable bonds is 2. The second-order valence-corrected chi connectivity index (χ2v) is 4.88. The predicted octanol–water partition coefficient (Wildman–Crippen LogP) is 2.14. The molecule has 3 rings (SSSR count). The van der Waals surface area contributed by atoms with E-state index in [1.54, 1.807) is 0 Å². The summed E-state index contributed by atoms with van der Waals surface area (Å²) in [6, 6.07) is 18.5. The SMILES string of the molecule is O=C1C[C@@](O)(c2ccccc2)[C@H](c2ccccc2)N1. The Hall–Kier alpha value is -2.13. The zero-order valence-electron chi connectivity index (χ0n) is 10.4. The number of nitrogens with one attached hydrogen (secondary N) is 1. The highest BCUT2D eigenvalue weighted by Crippen LogP contribution is 2.41. The average molecular weight is 253 g/mol. The first kappa shape index (κ1) is 11.9. The van der Waals surface area contributed by atoms with Gasteiger partial charge in [0.2, 0.25) is 5.91 Å². The largest absolute Gasteiger partial charge is 0.382 e. The summed E-state index contributed by atoms with van der Waals surface area (Å²) in [4.78, 5) is 11.7. The zero-order valence-corrected chi connectivity index (χ0v) is 10.4. The molecule has 96 valence electrons. The van der Waals surface area contributed by atoms with E-state index in [1.165, 1.54) is 0 Å². The molecule has 3 nitrogen and oxygen atoms in total. The molecule has 1 heterocycles. The predicted molar refractivity (Wildman–Crippen MR) is 72.3 cm³/mol. The molecule has 0 saturated carbocycles. The molecule has 0 aliphatic carbocycles. The molecule has 0 aromatic heterocycles. The van der Waals surface area contributed by atoms with Crippen molar-refractivity contribution in [3.05, 3.63) is 71.8 Å². The van der Waals surface area contributed by atoms with Gasteiger partial charge in [0.25, 0.3) is 0 Å². The third-order valence-electron chi connectivity index (χ3n) is 3.62. The number of amides is 1. The summed E-state index contributed by atoms with van der Waals surface area (Å²) >= 11 is 0. The van der Waals surface area contributed by atoms with Gasteiger partial charge in [0.1, 0.15) is 5.60 Å². The van der Waals surface area contributed by atoms with Crippen molar-refractivity contribution in [1.82, 2.24) is 5.32 Å². The van der Waals surface area contributed by atoms with E-state index in [1.807, 2.05) is 60.7 Å². The third-order valence-corrected chi connectivity index (χ3v) is 3.62. The van der Waals surface area contributed by atoms with Gasteiger partial charge in [0.15, 0.2) is 0 Å². The Morgan fingerprint density at radius 1 is 1.00 bits per heavy atom. The summed E-state index contributed by atoms with van der Waals surface area (Å²) in [5.74, 6) is -0.125. The number of aliphatic hydroxyl groups is 1. The standard InChI is InChI=1S/C16H15NO2/c18-14-11-16(19,13-9-5-2-6-10-13)15(17-14)12-7-3-1-4-8-12/h1-10,15,19H,11H2,(H,17,18)/t15-,16+/m0/s1. The molecule has 1 aliphatic rings. The van der Waals surface area contributed by atoms with Gasteiger partial charge in [-0.15, -0.1) is 0 Å². The minimum atomic E-state index is -1.18. The van der Waals surface area contributed by atoms with Crippen LogP contribution in [0, 0.1) is 0 Å². The Labute approximate surface area is 111 Å². The lowest BCUT2D eigenvalue weighted by Gasteiger charge is -2.29. The molecule has 0 radical (unpaired) electrons. The van der Waals surface area contributed by atoms with Gasteiger partial charge in [-0.3, -0.25) is 4.79 Å². The monoisotopic (exact) mass is 253 g/mol. The van der Waals surface area contributed by atoms with Crippen molar-refractivity contribution >= 4 is 5.91 Å². The van der Waals surface area contributed by atoms with E-state index in [0.717, 1.165) is 11.1 Å². The smallest absolute Gasteiger partial charge is 0.223 e. The molecular weight excluding hydrogens is 238 g/mol. The van der Waals surface area contributed by atoms with Crippen molar-refractivity contribution in [2.75, 3.05) is 0 Å². The molecule has 2 N–H and O–H groups in total. The highest BCUT2D eigenvalue weighted by molar-refractivity contribution is 5.81. The summed E-state index contributed by atoms with van der Waals surface area (Å²) in [5, 5.41) is 13.8. The Balaban J connectivity index is 2.06. The molecule has 2 aromatic rings. The number of carbonyl (C=O) groups excluding carboxylic acids is 1. The first-order chi connectivity index (χ1) is 9.20. The Kier molecular flexibility index (Phi) is 2.84. The second kappa shape index (κ2) is 4.52. The molecule has 1 saturated heterocycles. The van der Waals surface area contributed by atoms with Crippen molar-refractivity contribution in [2.24, 2.45) is 0 Å². The van der Waals surface area contributed by atoms with Gasteiger partial charge in [0.05, 0.1) is 12.5 Å². The Morgan fingerprint density at radius 2 is 1.58 bits per heavy atom. The Bertz CT molecular complexity index is 582.